The molecule has 1 N–H and O–H groups in total. The van der Waals surface area contributed by atoms with E-state index >= 15 is 0 Å². The van der Waals surface area contributed by atoms with E-state index in [0.29, 0.717) is 0 Å². The predicted octanol–water partition coefficient (Wildman–Crippen LogP) is 2.50. The summed E-state index contributed by atoms with van der Waals surface area (Å²) in [6, 6.07) is 0.883. The molecule has 0 aromatic rings. The van der Waals surface area contributed by atoms with Gasteiger partial charge in [-0.3, -0.25) is 0 Å². The predicted molar refractivity (Wildman–Crippen MR) is 67.2 cm³/mol. The fourth-order valence-electron chi connectivity index (χ4n) is 1.99. The van der Waals surface area contributed by atoms with Crippen molar-refractivity contribution in [2.24, 2.45) is 5.92 Å². The number of hydrogen-bond donors (Lipinski definition) is 1. The highest BCUT2D eigenvalue weighted by atomic mass is 15.1. The summed E-state index contributed by atoms with van der Waals surface area (Å²) >= 11 is 0. The normalized spacial score (nSPS) is 16.6. The number of nitrogens with zero attached hydrogens (tertiary/aromatic N) is 1. The molecule has 1 saturated carbocycles. The van der Waals surface area contributed by atoms with Crippen LogP contribution in [0.2, 0.25) is 0 Å². The molecule has 0 amide bonds. The lowest BCUT2D eigenvalue weighted by Gasteiger charge is -2.18. The molecule has 1 fully saturated rings. The number of hydrogen-bond acceptors (Lipinski definition) is 2. The molecule has 2 nitrogen and oxygen atoms in total. The topological polar surface area (TPSA) is 15.3 Å². The Kier molecular flexibility index (Phi) is 6.26. The maximum atomic E-state index is 3.56. The summed E-state index contributed by atoms with van der Waals surface area (Å²) in [6.07, 6.45) is 6.91. The van der Waals surface area contributed by atoms with Gasteiger partial charge in [0, 0.05) is 12.6 Å². The van der Waals surface area contributed by atoms with Gasteiger partial charge in [0.1, 0.15) is 0 Å². The molecule has 2 heteroatoms. The fraction of sp³-hybridized carbons (Fsp3) is 1.00. The summed E-state index contributed by atoms with van der Waals surface area (Å²) < 4.78 is 0. The molecule has 15 heavy (non-hydrogen) atoms. The first-order valence-electron chi connectivity index (χ1n) is 6.60. The Morgan fingerprint density at radius 3 is 2.53 bits per heavy atom. The van der Waals surface area contributed by atoms with Crippen molar-refractivity contribution in [3.8, 4) is 0 Å². The second kappa shape index (κ2) is 7.24. The molecule has 1 aliphatic rings. The molecular formula is C13H28N2. The van der Waals surface area contributed by atoms with Crippen LogP contribution >= 0.6 is 0 Å². The number of rotatable bonds is 9. The summed E-state index contributed by atoms with van der Waals surface area (Å²) in [5, 5.41) is 3.56. The highest BCUT2D eigenvalue weighted by Gasteiger charge is 2.19. The summed E-state index contributed by atoms with van der Waals surface area (Å²) in [5.74, 6) is 0.798. The Hall–Kier alpha value is -0.0800. The lowest BCUT2D eigenvalue weighted by Crippen LogP contribution is -2.24. The first kappa shape index (κ1) is 13.0. The van der Waals surface area contributed by atoms with Crippen LogP contribution in [-0.4, -0.2) is 37.6 Å². The summed E-state index contributed by atoms with van der Waals surface area (Å²) in [5.41, 5.74) is 0. The maximum Gasteiger partial charge on any atom is 0.00682 e. The van der Waals surface area contributed by atoms with Crippen LogP contribution in [0.25, 0.3) is 0 Å². The van der Waals surface area contributed by atoms with Gasteiger partial charge in [0.2, 0.25) is 0 Å². The molecule has 0 saturated heterocycles. The molecule has 0 aliphatic heterocycles. The Morgan fingerprint density at radius 1 is 1.20 bits per heavy atom. The van der Waals surface area contributed by atoms with Crippen molar-refractivity contribution in [1.29, 1.82) is 0 Å². The summed E-state index contributed by atoms with van der Waals surface area (Å²) in [7, 11) is 2.24. The second-order valence-electron chi connectivity index (χ2n) is 5.45. The van der Waals surface area contributed by atoms with Crippen molar-refractivity contribution in [2.45, 2.75) is 52.0 Å². The zero-order chi connectivity index (χ0) is 11.1. The third-order valence-electron chi connectivity index (χ3n) is 2.90. The van der Waals surface area contributed by atoms with Gasteiger partial charge in [-0.2, -0.15) is 0 Å². The van der Waals surface area contributed by atoms with E-state index in [9.17, 15) is 0 Å². The monoisotopic (exact) mass is 212 g/mol. The van der Waals surface area contributed by atoms with Gasteiger partial charge in [0.25, 0.3) is 0 Å². The minimum absolute atomic E-state index is 0.798. The van der Waals surface area contributed by atoms with E-state index in [4.69, 9.17) is 0 Å². The smallest absolute Gasteiger partial charge is 0.00682 e. The Labute approximate surface area is 95.4 Å². The van der Waals surface area contributed by atoms with Crippen LogP contribution in [0.15, 0.2) is 0 Å². The van der Waals surface area contributed by atoms with Crippen molar-refractivity contribution in [3.05, 3.63) is 0 Å². The standard InChI is InChI=1S/C13H28N2/c1-12(2)11-15(3)10-6-4-5-9-14-13-7-8-13/h12-14H,4-11H2,1-3H3. The molecule has 0 bridgehead atoms. The molecule has 1 aliphatic carbocycles. The molecule has 0 radical (unpaired) electrons. The largest absolute Gasteiger partial charge is 0.314 e. The van der Waals surface area contributed by atoms with Gasteiger partial charge in [-0.1, -0.05) is 20.3 Å². The van der Waals surface area contributed by atoms with Crippen LogP contribution < -0.4 is 5.32 Å². The van der Waals surface area contributed by atoms with E-state index in [1.807, 2.05) is 0 Å². The van der Waals surface area contributed by atoms with Crippen LogP contribution in [0.5, 0.6) is 0 Å². The lowest BCUT2D eigenvalue weighted by molar-refractivity contribution is 0.288. The third-order valence-corrected chi connectivity index (χ3v) is 2.90. The summed E-state index contributed by atoms with van der Waals surface area (Å²) in [4.78, 5) is 2.46. The lowest BCUT2D eigenvalue weighted by atomic mass is 10.2. The first-order valence-corrected chi connectivity index (χ1v) is 6.60. The molecule has 0 heterocycles. The van der Waals surface area contributed by atoms with E-state index in [1.165, 1.54) is 51.7 Å². The van der Waals surface area contributed by atoms with E-state index in [2.05, 4.69) is 31.1 Å². The fourth-order valence-corrected chi connectivity index (χ4v) is 1.99. The molecule has 0 aromatic carbocycles. The molecule has 0 atom stereocenters. The van der Waals surface area contributed by atoms with Gasteiger partial charge in [-0.15, -0.1) is 0 Å². The van der Waals surface area contributed by atoms with Gasteiger partial charge < -0.3 is 10.2 Å². The van der Waals surface area contributed by atoms with Crippen molar-refractivity contribution in [3.63, 3.8) is 0 Å². The van der Waals surface area contributed by atoms with Gasteiger partial charge in [-0.25, -0.2) is 0 Å². The molecule has 0 unspecified atom stereocenters. The van der Waals surface area contributed by atoms with Crippen molar-refractivity contribution < 1.29 is 0 Å². The van der Waals surface area contributed by atoms with Crippen molar-refractivity contribution in [2.75, 3.05) is 26.7 Å². The highest BCUT2D eigenvalue weighted by Crippen LogP contribution is 2.18. The van der Waals surface area contributed by atoms with E-state index in [1.54, 1.807) is 0 Å². The number of unbranched alkanes of at least 4 members (excludes halogenated alkanes) is 2. The molecule has 1 rings (SSSR count). The van der Waals surface area contributed by atoms with Crippen LogP contribution in [0.3, 0.4) is 0 Å². The van der Waals surface area contributed by atoms with Gasteiger partial charge in [0.05, 0.1) is 0 Å². The SMILES string of the molecule is CC(C)CN(C)CCCCCNC1CC1. The zero-order valence-corrected chi connectivity index (χ0v) is 10.8. The van der Waals surface area contributed by atoms with Crippen molar-refractivity contribution in [1.82, 2.24) is 10.2 Å². The number of nitrogens with one attached hydrogen (secondary N) is 1. The first-order chi connectivity index (χ1) is 7.18. The average molecular weight is 212 g/mol. The minimum Gasteiger partial charge on any atom is -0.314 e. The Balaban J connectivity index is 1.78. The van der Waals surface area contributed by atoms with E-state index in [-0.39, 0.29) is 0 Å². The quantitative estimate of drug-likeness (QED) is 0.591. The molecular weight excluding hydrogens is 184 g/mol. The zero-order valence-electron chi connectivity index (χ0n) is 10.8. The van der Waals surface area contributed by atoms with Crippen molar-refractivity contribution >= 4 is 0 Å². The van der Waals surface area contributed by atoms with Gasteiger partial charge in [0.15, 0.2) is 0 Å². The van der Waals surface area contributed by atoms with E-state index in [0.717, 1.165) is 12.0 Å². The second-order valence-corrected chi connectivity index (χ2v) is 5.45. The summed E-state index contributed by atoms with van der Waals surface area (Å²) in [6.45, 7) is 8.31. The molecule has 0 aromatic heterocycles. The third kappa shape index (κ3) is 7.80. The highest BCUT2D eigenvalue weighted by molar-refractivity contribution is 4.80. The Bertz CT molecular complexity index is 153. The van der Waals surface area contributed by atoms with Crippen LogP contribution in [0.4, 0.5) is 0 Å². The van der Waals surface area contributed by atoms with Crippen LogP contribution in [0.1, 0.15) is 46.0 Å². The molecule has 90 valence electrons. The van der Waals surface area contributed by atoms with Crippen LogP contribution in [-0.2, 0) is 0 Å². The van der Waals surface area contributed by atoms with E-state index < -0.39 is 0 Å². The van der Waals surface area contributed by atoms with Crippen LogP contribution in [0, 0.1) is 5.92 Å². The van der Waals surface area contributed by atoms with Gasteiger partial charge >= 0.3 is 0 Å². The Morgan fingerprint density at radius 2 is 1.93 bits per heavy atom. The maximum absolute atomic E-state index is 3.56. The molecule has 0 spiro atoms. The minimum atomic E-state index is 0.798. The average Bonchev–Trinajstić information content (AvgIpc) is 2.93. The van der Waals surface area contributed by atoms with Gasteiger partial charge in [-0.05, 0) is 51.7 Å².